The molecular formula is C55H60N4O11S. The smallest absolute Gasteiger partial charge is 0.269 e. The van der Waals surface area contributed by atoms with E-state index in [2.05, 4.69) is 30.1 Å². The van der Waals surface area contributed by atoms with Crippen molar-refractivity contribution in [3.63, 3.8) is 0 Å². The number of amides is 1. The Morgan fingerprint density at radius 1 is 0.915 bits per heavy atom. The van der Waals surface area contributed by atoms with E-state index in [1.54, 1.807) is 18.2 Å². The molecule has 16 heteroatoms. The number of nitrogens with zero attached hydrogens (tertiary/aromatic N) is 3. The molecule has 0 bridgehead atoms. The van der Waals surface area contributed by atoms with Gasteiger partial charge in [0.1, 0.15) is 23.9 Å². The lowest BCUT2D eigenvalue weighted by Gasteiger charge is -2.59. The van der Waals surface area contributed by atoms with Crippen LogP contribution in [-0.2, 0) is 31.0 Å². The van der Waals surface area contributed by atoms with E-state index in [4.69, 9.17) is 24.2 Å². The van der Waals surface area contributed by atoms with Crippen molar-refractivity contribution in [1.82, 2.24) is 4.31 Å². The number of aliphatic hydroxyl groups excluding tert-OH is 2. The summed E-state index contributed by atoms with van der Waals surface area (Å²) in [6.45, 7) is 5.38. The number of carbonyl (C=O) groups excluding carboxylic acids is 1. The van der Waals surface area contributed by atoms with E-state index in [1.165, 1.54) is 54.7 Å². The highest BCUT2D eigenvalue weighted by Crippen LogP contribution is 2.62. The molecule has 5 aromatic carbocycles. The van der Waals surface area contributed by atoms with E-state index in [0.717, 1.165) is 35.1 Å². The molecule has 8 rings (SSSR count). The third kappa shape index (κ3) is 11.1. The van der Waals surface area contributed by atoms with Crippen LogP contribution in [0.4, 0.5) is 11.4 Å². The van der Waals surface area contributed by atoms with Crippen molar-refractivity contribution in [3.8, 4) is 28.4 Å². The first-order valence-corrected chi connectivity index (χ1v) is 25.4. The molecule has 1 heterocycles. The molecule has 0 unspecified atom stereocenters. The lowest BCUT2D eigenvalue weighted by atomic mass is 9.55. The number of hydrogen-bond donors (Lipinski definition) is 3. The lowest BCUT2D eigenvalue weighted by molar-refractivity contribution is -0.384. The molecule has 2 aliphatic carbocycles. The van der Waals surface area contributed by atoms with Gasteiger partial charge in [0.25, 0.3) is 5.69 Å². The van der Waals surface area contributed by atoms with Gasteiger partial charge in [0.2, 0.25) is 21.7 Å². The second-order valence-electron chi connectivity index (χ2n) is 18.2. The summed E-state index contributed by atoms with van der Waals surface area (Å²) in [6, 6.07) is 34.5. The Morgan fingerprint density at radius 2 is 1.59 bits per heavy atom. The molecule has 15 nitrogen and oxygen atoms in total. The molecule has 0 spiro atoms. The maximum absolute atomic E-state index is 15.0. The van der Waals surface area contributed by atoms with Crippen LogP contribution in [0.2, 0.25) is 0 Å². The fourth-order valence-corrected chi connectivity index (χ4v) is 11.8. The predicted molar refractivity (Wildman–Crippen MR) is 270 cm³/mol. The number of carbonyl (C=O) groups is 1. The quantitative estimate of drug-likeness (QED) is 0.0258. The fraction of sp³-hybridized carbons (Fsp3) is 0.345. The molecule has 6 atom stereocenters. The Hall–Kier alpha value is -6.69. The number of hydrogen-bond acceptors (Lipinski definition) is 12. The van der Waals surface area contributed by atoms with E-state index in [-0.39, 0.29) is 67.1 Å². The number of benzene rings is 5. The Labute approximate surface area is 414 Å². The number of fused-ring (bicyclic) bond motifs is 2. The van der Waals surface area contributed by atoms with E-state index >= 15 is 0 Å². The molecule has 0 aromatic heterocycles. The maximum Gasteiger partial charge on any atom is 0.269 e. The first kappa shape index (κ1) is 50.7. The van der Waals surface area contributed by atoms with Gasteiger partial charge in [-0.1, -0.05) is 72.6 Å². The number of nitro benzene ring substituents is 1. The number of nitrogens with one attached hydrogen (secondary N) is 1. The molecule has 5 aromatic rings. The van der Waals surface area contributed by atoms with Gasteiger partial charge < -0.3 is 34.6 Å². The van der Waals surface area contributed by atoms with Crippen LogP contribution in [0.3, 0.4) is 0 Å². The highest BCUT2D eigenvalue weighted by molar-refractivity contribution is 7.89. The minimum absolute atomic E-state index is 0.0000326. The number of ether oxygens (including phenoxy) is 3. The average molecular weight is 985 g/mol. The minimum Gasteiger partial charge on any atom is -0.460 e. The van der Waals surface area contributed by atoms with Crippen LogP contribution in [0.5, 0.6) is 17.2 Å². The van der Waals surface area contributed by atoms with Crippen LogP contribution < -0.4 is 14.8 Å². The molecule has 0 saturated heterocycles. The van der Waals surface area contributed by atoms with Gasteiger partial charge in [-0.15, -0.1) is 6.58 Å². The molecule has 1 saturated carbocycles. The minimum atomic E-state index is -4.32. The van der Waals surface area contributed by atoms with Crippen LogP contribution in [0.25, 0.3) is 11.1 Å². The third-order valence-corrected chi connectivity index (χ3v) is 15.6. The van der Waals surface area contributed by atoms with Crippen molar-refractivity contribution in [2.75, 3.05) is 32.2 Å². The number of nitro groups is 1. The summed E-state index contributed by atoms with van der Waals surface area (Å²) in [5, 5.41) is 38.9. The summed E-state index contributed by atoms with van der Waals surface area (Å²) in [5.41, 5.74) is 5.21. The van der Waals surface area contributed by atoms with E-state index < -0.39 is 32.7 Å². The lowest BCUT2D eigenvalue weighted by Crippen LogP contribution is -2.69. The van der Waals surface area contributed by atoms with Gasteiger partial charge in [0, 0.05) is 62.9 Å². The summed E-state index contributed by atoms with van der Waals surface area (Å²) in [4.78, 5) is 28.9. The van der Waals surface area contributed by atoms with Crippen LogP contribution in [0.15, 0.2) is 156 Å². The Kier molecular flexibility index (Phi) is 16.1. The topological polar surface area (TPSA) is 199 Å². The molecule has 1 amide bonds. The number of aliphatic hydroxyl groups is 2. The van der Waals surface area contributed by atoms with Gasteiger partial charge in [-0.3, -0.25) is 14.9 Å². The van der Waals surface area contributed by atoms with Gasteiger partial charge >= 0.3 is 0 Å². The number of allylic oxidation sites excluding steroid dienone is 1. The maximum atomic E-state index is 15.0. The largest absolute Gasteiger partial charge is 0.460 e. The zero-order valence-corrected chi connectivity index (χ0v) is 40.7. The summed E-state index contributed by atoms with van der Waals surface area (Å²) < 4.78 is 52.1. The van der Waals surface area contributed by atoms with Gasteiger partial charge in [-0.2, -0.15) is 4.31 Å². The van der Waals surface area contributed by atoms with Crippen LogP contribution in [-0.4, -0.2) is 78.2 Å². The zero-order chi connectivity index (χ0) is 50.1. The van der Waals surface area contributed by atoms with E-state index in [9.17, 15) is 33.5 Å². The highest BCUT2D eigenvalue weighted by atomic mass is 32.2. The molecule has 3 aliphatic rings. The van der Waals surface area contributed by atoms with Gasteiger partial charge in [0.05, 0.1) is 34.1 Å². The standard InChI is InChI=1S/C55H60N4O11S/c1-4-32-67-55-52(58(3)71(65,66)46-27-20-42(21-28-46)56-37(2)62)35-50(57-68-36-38-16-22-43(23-17-38)59(63)64)48-33-41(14-8-10-30-60)47(15-9-11-31-61)53(54(48)55)49-34-45(26-29-51(49)70-55)69-44-24-18-40(19-25-44)39-12-6-5-7-13-39/h4-7,12-13,16-29,33-34,41,47,52-54,60-61H,1,8-11,14-15,30-32,35-36H2,2-3H3,(H,56,62)/t41-,47+,52-,53+,54+,55+/m0/s1. The molecule has 0 radical (unpaired) electrons. The molecule has 3 N–H and O–H groups in total. The van der Waals surface area contributed by atoms with Crippen LogP contribution in [0.1, 0.15) is 68.9 Å². The van der Waals surface area contributed by atoms with Crippen LogP contribution in [0, 0.1) is 27.9 Å². The van der Waals surface area contributed by atoms with Crippen molar-refractivity contribution in [2.24, 2.45) is 22.9 Å². The van der Waals surface area contributed by atoms with Crippen LogP contribution >= 0.6 is 0 Å². The van der Waals surface area contributed by atoms with Crippen molar-refractivity contribution < 1.29 is 47.4 Å². The number of non-ortho nitro benzene ring substituents is 1. The number of unbranched alkanes of at least 4 members (excludes halogenated alkanes) is 2. The summed E-state index contributed by atoms with van der Waals surface area (Å²) in [5.74, 6) is -1.51. The molecular weight excluding hydrogens is 925 g/mol. The highest BCUT2D eigenvalue weighted by Gasteiger charge is 2.65. The first-order chi connectivity index (χ1) is 34.4. The summed E-state index contributed by atoms with van der Waals surface area (Å²) in [7, 11) is -2.82. The molecule has 71 heavy (non-hydrogen) atoms. The van der Waals surface area contributed by atoms with Crippen molar-refractivity contribution >= 4 is 33.0 Å². The SMILES string of the molecule is C=CCO[C@@]12Oc3ccc(Oc4ccc(-c5ccccc5)cc4)cc3[C@H]3[C@H](CCCCO)[C@@H](CCCCO)C=C(C(=NOCc4ccc([N+](=O)[O-])cc4)C[C@@H]1N(C)S(=O)(=O)c1ccc(NC(C)=O)cc1)[C@H]32. The molecule has 372 valence electrons. The second kappa shape index (κ2) is 22.6. The monoisotopic (exact) mass is 984 g/mol. The van der Waals surface area contributed by atoms with E-state index in [0.29, 0.717) is 59.9 Å². The number of oxime groups is 1. The fourth-order valence-electron chi connectivity index (χ4n) is 10.4. The number of likely N-dealkylation sites (N-methyl/N-ethyl adjacent to an activating group) is 1. The Balaban J connectivity index is 1.28. The molecule has 1 aliphatic heterocycles. The number of sulfonamides is 1. The molecule has 1 fully saturated rings. The summed E-state index contributed by atoms with van der Waals surface area (Å²) >= 11 is 0. The van der Waals surface area contributed by atoms with Crippen molar-refractivity contribution in [1.29, 1.82) is 0 Å². The summed E-state index contributed by atoms with van der Waals surface area (Å²) in [6.07, 6.45) is 7.82. The Morgan fingerprint density at radius 3 is 2.25 bits per heavy atom. The van der Waals surface area contributed by atoms with Gasteiger partial charge in [-0.05, 0) is 127 Å². The normalized spacial score (nSPS) is 21.8. The number of rotatable bonds is 22. The van der Waals surface area contributed by atoms with Crippen molar-refractivity contribution in [2.45, 2.75) is 81.1 Å². The average Bonchev–Trinajstić information content (AvgIpc) is 3.37. The zero-order valence-electron chi connectivity index (χ0n) is 39.9. The van der Waals surface area contributed by atoms with Gasteiger partial charge in [0.15, 0.2) is 0 Å². The second-order valence-corrected chi connectivity index (χ2v) is 20.2. The third-order valence-electron chi connectivity index (χ3n) is 13.7. The first-order valence-electron chi connectivity index (χ1n) is 24.0. The van der Waals surface area contributed by atoms with Crippen molar-refractivity contribution in [3.05, 3.63) is 167 Å². The van der Waals surface area contributed by atoms with Gasteiger partial charge in [-0.25, -0.2) is 8.42 Å². The Bertz CT molecular complexity index is 2840. The predicted octanol–water partition coefficient (Wildman–Crippen LogP) is 10.2. The number of anilines is 1. The van der Waals surface area contributed by atoms with E-state index in [1.807, 2.05) is 60.7 Å².